The highest BCUT2D eigenvalue weighted by atomic mass is 16.5. The van der Waals surface area contributed by atoms with Gasteiger partial charge in [-0.15, -0.1) is 0 Å². The zero-order valence-electron chi connectivity index (χ0n) is 12.3. The van der Waals surface area contributed by atoms with Crippen LogP contribution in [0.4, 0.5) is 0 Å². The Bertz CT molecular complexity index is 768. The van der Waals surface area contributed by atoms with Gasteiger partial charge in [0.05, 0.1) is 11.7 Å². The Morgan fingerprint density at radius 1 is 1.10 bits per heavy atom. The predicted molar refractivity (Wildman–Crippen MR) is 85.8 cm³/mol. The van der Waals surface area contributed by atoms with Gasteiger partial charge in [-0.3, -0.25) is 4.98 Å². The SMILES string of the molecule is CNCc1cc(C)ccc1Oc1cnc2ccccc2c1. The Morgan fingerprint density at radius 2 is 1.95 bits per heavy atom. The van der Waals surface area contributed by atoms with Gasteiger partial charge >= 0.3 is 0 Å². The van der Waals surface area contributed by atoms with E-state index in [1.807, 2.05) is 43.4 Å². The first-order valence-corrected chi connectivity index (χ1v) is 7.03. The van der Waals surface area contributed by atoms with Crippen LogP contribution in [0.2, 0.25) is 0 Å². The van der Waals surface area contributed by atoms with Crippen LogP contribution in [-0.2, 0) is 6.54 Å². The molecule has 0 saturated carbocycles. The van der Waals surface area contributed by atoms with E-state index in [4.69, 9.17) is 4.74 Å². The average molecular weight is 278 g/mol. The number of aryl methyl sites for hydroxylation is 1. The van der Waals surface area contributed by atoms with Gasteiger partial charge in [0.2, 0.25) is 0 Å². The molecule has 3 aromatic rings. The number of hydrogen-bond acceptors (Lipinski definition) is 3. The standard InChI is InChI=1S/C18H18N2O/c1-13-7-8-18(15(9-13)11-19-2)21-16-10-14-5-3-4-6-17(14)20-12-16/h3-10,12,19H,11H2,1-2H3. The van der Waals surface area contributed by atoms with Crippen LogP contribution in [-0.4, -0.2) is 12.0 Å². The molecule has 0 fully saturated rings. The molecule has 0 saturated heterocycles. The number of para-hydroxylation sites is 1. The Morgan fingerprint density at radius 3 is 2.81 bits per heavy atom. The summed E-state index contributed by atoms with van der Waals surface area (Å²) >= 11 is 0. The van der Waals surface area contributed by atoms with Crippen LogP contribution in [0.15, 0.2) is 54.7 Å². The quantitative estimate of drug-likeness (QED) is 0.781. The Labute approximate surface area is 124 Å². The summed E-state index contributed by atoms with van der Waals surface area (Å²) in [5.74, 6) is 1.63. The molecule has 0 spiro atoms. The number of nitrogens with zero attached hydrogens (tertiary/aromatic N) is 1. The van der Waals surface area contributed by atoms with Crippen molar-refractivity contribution in [3.8, 4) is 11.5 Å². The Hall–Kier alpha value is -2.39. The lowest BCUT2D eigenvalue weighted by atomic mass is 10.1. The molecular formula is C18H18N2O. The zero-order chi connectivity index (χ0) is 14.7. The molecule has 1 aromatic heterocycles. The van der Waals surface area contributed by atoms with Crippen molar-refractivity contribution in [1.29, 1.82) is 0 Å². The highest BCUT2D eigenvalue weighted by Gasteiger charge is 2.06. The van der Waals surface area contributed by atoms with Gasteiger partial charge in [0.25, 0.3) is 0 Å². The normalized spacial score (nSPS) is 10.8. The van der Waals surface area contributed by atoms with Gasteiger partial charge in [0.1, 0.15) is 11.5 Å². The molecule has 0 aliphatic carbocycles. The van der Waals surface area contributed by atoms with Gasteiger partial charge in [-0.2, -0.15) is 0 Å². The zero-order valence-corrected chi connectivity index (χ0v) is 12.3. The number of nitrogens with one attached hydrogen (secondary N) is 1. The summed E-state index contributed by atoms with van der Waals surface area (Å²) in [4.78, 5) is 4.43. The molecule has 21 heavy (non-hydrogen) atoms. The maximum Gasteiger partial charge on any atom is 0.146 e. The molecule has 0 aliphatic heterocycles. The highest BCUT2D eigenvalue weighted by molar-refractivity contribution is 5.79. The van der Waals surface area contributed by atoms with Gasteiger partial charge in [-0.25, -0.2) is 0 Å². The van der Waals surface area contributed by atoms with E-state index in [0.717, 1.165) is 34.5 Å². The van der Waals surface area contributed by atoms with Crippen LogP contribution in [0.1, 0.15) is 11.1 Å². The van der Waals surface area contributed by atoms with Crippen molar-refractivity contribution in [3.63, 3.8) is 0 Å². The third-order valence-corrected chi connectivity index (χ3v) is 3.38. The van der Waals surface area contributed by atoms with E-state index in [0.29, 0.717) is 0 Å². The fourth-order valence-electron chi connectivity index (χ4n) is 2.37. The van der Waals surface area contributed by atoms with E-state index in [1.165, 1.54) is 5.56 Å². The van der Waals surface area contributed by atoms with Gasteiger partial charge < -0.3 is 10.1 Å². The largest absolute Gasteiger partial charge is 0.455 e. The molecule has 0 unspecified atom stereocenters. The molecule has 1 N–H and O–H groups in total. The van der Waals surface area contributed by atoms with Crippen molar-refractivity contribution < 1.29 is 4.74 Å². The van der Waals surface area contributed by atoms with Crippen LogP contribution in [0, 0.1) is 6.92 Å². The number of rotatable bonds is 4. The average Bonchev–Trinajstić information content (AvgIpc) is 2.50. The molecule has 0 amide bonds. The minimum atomic E-state index is 0.759. The van der Waals surface area contributed by atoms with Gasteiger partial charge in [-0.1, -0.05) is 35.9 Å². The molecule has 3 nitrogen and oxygen atoms in total. The van der Waals surface area contributed by atoms with E-state index in [-0.39, 0.29) is 0 Å². The Balaban J connectivity index is 1.94. The number of benzene rings is 2. The number of pyridine rings is 1. The lowest BCUT2D eigenvalue weighted by molar-refractivity contribution is 0.473. The topological polar surface area (TPSA) is 34.1 Å². The molecule has 3 rings (SSSR count). The summed E-state index contributed by atoms with van der Waals surface area (Å²) in [6, 6.07) is 16.3. The first kappa shape index (κ1) is 13.6. The van der Waals surface area contributed by atoms with E-state index >= 15 is 0 Å². The molecule has 106 valence electrons. The summed E-state index contributed by atoms with van der Waals surface area (Å²) in [5, 5.41) is 4.25. The number of aromatic nitrogens is 1. The maximum absolute atomic E-state index is 6.02. The summed E-state index contributed by atoms with van der Waals surface area (Å²) in [6.45, 7) is 2.86. The number of ether oxygens (including phenoxy) is 1. The van der Waals surface area contributed by atoms with Crippen molar-refractivity contribution in [2.75, 3.05) is 7.05 Å². The summed E-state index contributed by atoms with van der Waals surface area (Å²) in [5.41, 5.74) is 3.35. The van der Waals surface area contributed by atoms with Crippen LogP contribution in [0.25, 0.3) is 10.9 Å². The minimum absolute atomic E-state index is 0.759. The van der Waals surface area contributed by atoms with E-state index in [9.17, 15) is 0 Å². The van der Waals surface area contributed by atoms with Crippen molar-refractivity contribution in [2.24, 2.45) is 0 Å². The predicted octanol–water partition coefficient (Wildman–Crippen LogP) is 4.05. The molecule has 0 aliphatic rings. The molecule has 2 aromatic carbocycles. The highest BCUT2D eigenvalue weighted by Crippen LogP contribution is 2.27. The smallest absolute Gasteiger partial charge is 0.146 e. The molecular weight excluding hydrogens is 260 g/mol. The second-order valence-corrected chi connectivity index (χ2v) is 5.11. The van der Waals surface area contributed by atoms with Crippen LogP contribution < -0.4 is 10.1 Å². The fraction of sp³-hybridized carbons (Fsp3) is 0.167. The Kier molecular flexibility index (Phi) is 3.84. The summed E-state index contributed by atoms with van der Waals surface area (Å²) < 4.78 is 6.02. The number of fused-ring (bicyclic) bond motifs is 1. The molecule has 3 heteroatoms. The molecule has 0 atom stereocenters. The summed E-state index contributed by atoms with van der Waals surface area (Å²) in [7, 11) is 1.93. The van der Waals surface area contributed by atoms with Crippen molar-refractivity contribution in [3.05, 3.63) is 65.9 Å². The van der Waals surface area contributed by atoms with Crippen LogP contribution in [0.5, 0.6) is 11.5 Å². The minimum Gasteiger partial charge on any atom is -0.455 e. The first-order chi connectivity index (χ1) is 10.3. The van der Waals surface area contributed by atoms with E-state index < -0.39 is 0 Å². The van der Waals surface area contributed by atoms with Gasteiger partial charge in [0.15, 0.2) is 0 Å². The third-order valence-electron chi connectivity index (χ3n) is 3.38. The second kappa shape index (κ2) is 5.94. The first-order valence-electron chi connectivity index (χ1n) is 7.03. The number of hydrogen-bond donors (Lipinski definition) is 1. The summed E-state index contributed by atoms with van der Waals surface area (Å²) in [6.07, 6.45) is 1.77. The lowest BCUT2D eigenvalue weighted by Crippen LogP contribution is -2.06. The second-order valence-electron chi connectivity index (χ2n) is 5.11. The van der Waals surface area contributed by atoms with Crippen LogP contribution >= 0.6 is 0 Å². The van der Waals surface area contributed by atoms with Gasteiger partial charge in [0, 0.05) is 17.5 Å². The van der Waals surface area contributed by atoms with Crippen LogP contribution in [0.3, 0.4) is 0 Å². The van der Waals surface area contributed by atoms with E-state index in [2.05, 4.69) is 29.4 Å². The van der Waals surface area contributed by atoms with Crippen molar-refractivity contribution in [1.82, 2.24) is 10.3 Å². The van der Waals surface area contributed by atoms with E-state index in [1.54, 1.807) is 6.20 Å². The fourth-order valence-corrected chi connectivity index (χ4v) is 2.37. The molecule has 0 radical (unpaired) electrons. The maximum atomic E-state index is 6.02. The van der Waals surface area contributed by atoms with Gasteiger partial charge in [-0.05, 0) is 32.2 Å². The van der Waals surface area contributed by atoms with Crippen molar-refractivity contribution >= 4 is 10.9 Å². The lowest BCUT2D eigenvalue weighted by Gasteiger charge is -2.12. The molecule has 1 heterocycles. The third kappa shape index (κ3) is 3.03. The van der Waals surface area contributed by atoms with Crippen molar-refractivity contribution in [2.45, 2.75) is 13.5 Å². The molecule has 0 bridgehead atoms. The monoisotopic (exact) mass is 278 g/mol.